The van der Waals surface area contributed by atoms with Crippen molar-refractivity contribution in [3.05, 3.63) is 29.8 Å². The molecule has 3 rings (SSSR count). The predicted molar refractivity (Wildman–Crippen MR) is 118 cm³/mol. The summed E-state index contributed by atoms with van der Waals surface area (Å²) in [6.07, 6.45) is 2.05. The Morgan fingerprint density at radius 1 is 1.20 bits per heavy atom. The van der Waals surface area contributed by atoms with Crippen molar-refractivity contribution < 1.29 is 14.3 Å². The van der Waals surface area contributed by atoms with Gasteiger partial charge in [0.15, 0.2) is 5.96 Å². The van der Waals surface area contributed by atoms with Crippen LogP contribution in [0.15, 0.2) is 29.3 Å². The maximum atomic E-state index is 11.7. The summed E-state index contributed by atoms with van der Waals surface area (Å²) < 4.78 is 11.3. The van der Waals surface area contributed by atoms with E-state index in [0.29, 0.717) is 26.2 Å². The molecule has 0 spiro atoms. The van der Waals surface area contributed by atoms with Gasteiger partial charge in [0, 0.05) is 45.2 Å². The first kappa shape index (κ1) is 22.4. The number of carbonyl (C=O) groups is 1. The van der Waals surface area contributed by atoms with E-state index in [9.17, 15) is 4.79 Å². The molecule has 30 heavy (non-hydrogen) atoms. The second-order valence-corrected chi connectivity index (χ2v) is 7.64. The van der Waals surface area contributed by atoms with E-state index in [2.05, 4.69) is 31.9 Å². The highest BCUT2D eigenvalue weighted by Crippen LogP contribution is 2.28. The van der Waals surface area contributed by atoms with E-state index in [1.165, 1.54) is 0 Å². The molecule has 0 bridgehead atoms. The smallest absolute Gasteiger partial charge is 0.223 e. The fourth-order valence-electron chi connectivity index (χ4n) is 3.22. The Morgan fingerprint density at radius 3 is 2.77 bits per heavy atom. The fraction of sp³-hybridized carbons (Fsp3) is 0.636. The Morgan fingerprint density at radius 2 is 2.00 bits per heavy atom. The lowest BCUT2D eigenvalue weighted by atomic mass is 10.2. The number of morpholine rings is 1. The summed E-state index contributed by atoms with van der Waals surface area (Å²) in [5.74, 6) is 2.04. The molecule has 0 aromatic heterocycles. The highest BCUT2D eigenvalue weighted by Gasteiger charge is 2.28. The van der Waals surface area contributed by atoms with Gasteiger partial charge in [-0.05, 0) is 37.5 Å². The zero-order valence-electron chi connectivity index (χ0n) is 18.0. The molecule has 1 aromatic rings. The lowest BCUT2D eigenvalue weighted by Gasteiger charge is -2.26. The van der Waals surface area contributed by atoms with E-state index in [1.54, 1.807) is 0 Å². The Kier molecular flexibility index (Phi) is 9.24. The summed E-state index contributed by atoms with van der Waals surface area (Å²) in [6, 6.07) is 8.08. The topological polar surface area (TPSA) is 87.2 Å². The molecule has 0 radical (unpaired) electrons. The van der Waals surface area contributed by atoms with E-state index in [1.807, 2.05) is 25.1 Å². The maximum Gasteiger partial charge on any atom is 0.223 e. The number of benzene rings is 1. The Bertz CT molecular complexity index is 687. The summed E-state index contributed by atoms with van der Waals surface area (Å²) in [6.45, 7) is 9.78. The summed E-state index contributed by atoms with van der Waals surface area (Å²) in [5, 5.41) is 9.46. The average Bonchev–Trinajstić information content (AvgIpc) is 3.61. The predicted octanol–water partition coefficient (Wildman–Crippen LogP) is 0.979. The van der Waals surface area contributed by atoms with Crippen LogP contribution in [0.5, 0.6) is 5.75 Å². The monoisotopic (exact) mass is 417 g/mol. The van der Waals surface area contributed by atoms with E-state index in [-0.39, 0.29) is 11.8 Å². The maximum absolute atomic E-state index is 11.7. The molecule has 2 aliphatic rings. The first-order chi connectivity index (χ1) is 14.7. The molecule has 1 aliphatic heterocycles. The van der Waals surface area contributed by atoms with Crippen LogP contribution < -0.4 is 20.7 Å². The van der Waals surface area contributed by atoms with E-state index >= 15 is 0 Å². The number of nitrogens with one attached hydrogen (secondary N) is 3. The van der Waals surface area contributed by atoms with Crippen molar-refractivity contribution >= 4 is 11.9 Å². The summed E-state index contributed by atoms with van der Waals surface area (Å²) in [7, 11) is 0. The summed E-state index contributed by atoms with van der Waals surface area (Å²) in [5.41, 5.74) is 1.10. The van der Waals surface area contributed by atoms with Crippen LogP contribution >= 0.6 is 0 Å². The van der Waals surface area contributed by atoms with Gasteiger partial charge in [0.1, 0.15) is 12.4 Å². The van der Waals surface area contributed by atoms with E-state index in [4.69, 9.17) is 9.47 Å². The van der Waals surface area contributed by atoms with Crippen LogP contribution in [-0.4, -0.2) is 75.9 Å². The largest absolute Gasteiger partial charge is 0.492 e. The molecule has 8 nitrogen and oxygen atoms in total. The highest BCUT2D eigenvalue weighted by atomic mass is 16.5. The Balaban J connectivity index is 1.40. The minimum atomic E-state index is 0.171. The molecule has 1 heterocycles. The van der Waals surface area contributed by atoms with Gasteiger partial charge in [-0.15, -0.1) is 0 Å². The lowest BCUT2D eigenvalue weighted by Crippen LogP contribution is -2.41. The van der Waals surface area contributed by atoms with Gasteiger partial charge in [0.2, 0.25) is 5.91 Å². The van der Waals surface area contributed by atoms with Crippen molar-refractivity contribution in [2.75, 3.05) is 59.1 Å². The van der Waals surface area contributed by atoms with Crippen molar-refractivity contribution in [3.63, 3.8) is 0 Å². The molecule has 8 heteroatoms. The van der Waals surface area contributed by atoms with Gasteiger partial charge >= 0.3 is 0 Å². The third-order valence-corrected chi connectivity index (χ3v) is 5.11. The molecule has 1 amide bonds. The number of hydrogen-bond acceptors (Lipinski definition) is 5. The zero-order chi connectivity index (χ0) is 21.0. The number of nitrogens with zero attached hydrogens (tertiary/aromatic N) is 2. The minimum Gasteiger partial charge on any atom is -0.492 e. The summed E-state index contributed by atoms with van der Waals surface area (Å²) >= 11 is 0. The fourth-order valence-corrected chi connectivity index (χ4v) is 3.22. The van der Waals surface area contributed by atoms with Gasteiger partial charge in [0.05, 0.1) is 19.8 Å². The molecular weight excluding hydrogens is 382 g/mol. The molecule has 1 saturated heterocycles. The van der Waals surface area contributed by atoms with Crippen LogP contribution in [-0.2, 0) is 16.1 Å². The van der Waals surface area contributed by atoms with Gasteiger partial charge in [0.25, 0.3) is 0 Å². The molecule has 1 aromatic carbocycles. The molecule has 2 fully saturated rings. The van der Waals surface area contributed by atoms with Crippen molar-refractivity contribution in [2.45, 2.75) is 26.3 Å². The number of aliphatic imine (C=N–C) groups is 1. The second kappa shape index (κ2) is 12.4. The number of carbonyl (C=O) groups excluding carboxylic acids is 1. The zero-order valence-corrected chi connectivity index (χ0v) is 18.0. The van der Waals surface area contributed by atoms with Crippen molar-refractivity contribution in [2.24, 2.45) is 10.9 Å². The van der Waals surface area contributed by atoms with Crippen LogP contribution in [0.1, 0.15) is 25.3 Å². The number of rotatable bonds is 11. The Labute approximate surface area is 179 Å². The highest BCUT2D eigenvalue weighted by molar-refractivity contribution is 5.81. The molecule has 1 saturated carbocycles. The van der Waals surface area contributed by atoms with Gasteiger partial charge in [-0.3, -0.25) is 9.69 Å². The molecule has 1 aliphatic carbocycles. The third kappa shape index (κ3) is 8.20. The van der Waals surface area contributed by atoms with Crippen LogP contribution in [0.2, 0.25) is 0 Å². The average molecular weight is 418 g/mol. The van der Waals surface area contributed by atoms with Gasteiger partial charge in [-0.2, -0.15) is 0 Å². The van der Waals surface area contributed by atoms with Crippen molar-refractivity contribution in [1.82, 2.24) is 20.9 Å². The van der Waals surface area contributed by atoms with Crippen LogP contribution in [0.4, 0.5) is 0 Å². The normalized spacial score (nSPS) is 17.4. The standard InChI is InChI=1S/C22H35N5O3/c1-2-23-22(25-9-8-24-21(28)19-6-7-19)26-17-18-4-3-5-20(16-18)30-15-12-27-10-13-29-14-11-27/h3-5,16,19H,2,6-15,17H2,1H3,(H,24,28)(H2,23,25,26). The van der Waals surface area contributed by atoms with Gasteiger partial charge in [-0.1, -0.05) is 12.1 Å². The Hall–Kier alpha value is -2.32. The number of guanidine groups is 1. The molecule has 0 atom stereocenters. The second-order valence-electron chi connectivity index (χ2n) is 7.64. The SMILES string of the molecule is CCNC(=NCc1cccc(OCCN2CCOCC2)c1)NCCNC(=O)C1CC1. The van der Waals surface area contributed by atoms with Crippen molar-refractivity contribution in [3.8, 4) is 5.75 Å². The number of amides is 1. The summed E-state index contributed by atoms with van der Waals surface area (Å²) in [4.78, 5) is 18.7. The van der Waals surface area contributed by atoms with Crippen LogP contribution in [0, 0.1) is 5.92 Å². The first-order valence-corrected chi connectivity index (χ1v) is 11.1. The number of ether oxygens (including phenoxy) is 2. The third-order valence-electron chi connectivity index (χ3n) is 5.11. The van der Waals surface area contributed by atoms with Crippen molar-refractivity contribution in [1.29, 1.82) is 0 Å². The van der Waals surface area contributed by atoms with Crippen LogP contribution in [0.25, 0.3) is 0 Å². The van der Waals surface area contributed by atoms with E-state index in [0.717, 1.165) is 69.5 Å². The van der Waals surface area contributed by atoms with Crippen LogP contribution in [0.3, 0.4) is 0 Å². The number of hydrogen-bond donors (Lipinski definition) is 3. The molecule has 0 unspecified atom stereocenters. The van der Waals surface area contributed by atoms with Gasteiger partial charge in [-0.25, -0.2) is 4.99 Å². The first-order valence-electron chi connectivity index (χ1n) is 11.1. The van der Waals surface area contributed by atoms with Gasteiger partial charge < -0.3 is 25.4 Å². The van der Waals surface area contributed by atoms with E-state index < -0.39 is 0 Å². The lowest BCUT2D eigenvalue weighted by molar-refractivity contribution is -0.122. The molecule has 3 N–H and O–H groups in total. The quantitative estimate of drug-likeness (QED) is 0.283. The molecule has 166 valence electrons. The molecular formula is C22H35N5O3. The minimum absolute atomic E-state index is 0.171.